The second-order valence-electron chi connectivity index (χ2n) is 4.08. The molecule has 0 bridgehead atoms. The standard InChI is InChI=1S/C14H11BrN4/c15-9-4-3-5-10(8-9)17-14-13(16)18-11-6-1-2-7-12(11)19-14/h1-8H,(H2,16,18)(H,17,19). The minimum absolute atomic E-state index is 0.388. The van der Waals surface area contributed by atoms with Crippen molar-refractivity contribution in [3.63, 3.8) is 0 Å². The molecule has 94 valence electrons. The van der Waals surface area contributed by atoms with E-state index in [4.69, 9.17) is 5.73 Å². The summed E-state index contributed by atoms with van der Waals surface area (Å²) in [5, 5.41) is 3.18. The Morgan fingerprint density at radius 1 is 0.947 bits per heavy atom. The maximum absolute atomic E-state index is 5.92. The second-order valence-corrected chi connectivity index (χ2v) is 5.00. The normalized spacial score (nSPS) is 10.6. The molecule has 0 spiro atoms. The van der Waals surface area contributed by atoms with Gasteiger partial charge in [0.15, 0.2) is 11.6 Å². The number of halogens is 1. The van der Waals surface area contributed by atoms with Crippen molar-refractivity contribution >= 4 is 44.3 Å². The maximum atomic E-state index is 5.92. The Hall–Kier alpha value is -2.14. The molecule has 0 unspecified atom stereocenters. The Bertz CT molecular complexity index is 742. The van der Waals surface area contributed by atoms with Gasteiger partial charge < -0.3 is 11.1 Å². The summed E-state index contributed by atoms with van der Waals surface area (Å²) in [7, 11) is 0. The van der Waals surface area contributed by atoms with Gasteiger partial charge in [0.1, 0.15) is 0 Å². The van der Waals surface area contributed by atoms with Gasteiger partial charge in [0.25, 0.3) is 0 Å². The highest BCUT2D eigenvalue weighted by atomic mass is 79.9. The molecule has 0 atom stereocenters. The van der Waals surface area contributed by atoms with E-state index in [1.165, 1.54) is 0 Å². The van der Waals surface area contributed by atoms with Gasteiger partial charge in [0.05, 0.1) is 11.0 Å². The highest BCUT2D eigenvalue weighted by molar-refractivity contribution is 9.10. The lowest BCUT2D eigenvalue weighted by Gasteiger charge is -2.09. The number of para-hydroxylation sites is 2. The highest BCUT2D eigenvalue weighted by Crippen LogP contribution is 2.24. The van der Waals surface area contributed by atoms with E-state index < -0.39 is 0 Å². The van der Waals surface area contributed by atoms with Crippen LogP contribution in [0.4, 0.5) is 17.3 Å². The van der Waals surface area contributed by atoms with Crippen LogP contribution < -0.4 is 11.1 Å². The molecule has 0 saturated heterocycles. The molecule has 3 rings (SSSR count). The summed E-state index contributed by atoms with van der Waals surface area (Å²) in [6.07, 6.45) is 0. The predicted octanol–water partition coefficient (Wildman–Crippen LogP) is 3.72. The van der Waals surface area contributed by atoms with Gasteiger partial charge in [-0.05, 0) is 30.3 Å². The summed E-state index contributed by atoms with van der Waals surface area (Å²) in [4.78, 5) is 8.82. The van der Waals surface area contributed by atoms with Crippen LogP contribution in [0.25, 0.3) is 11.0 Å². The van der Waals surface area contributed by atoms with Crippen LogP contribution in [0.2, 0.25) is 0 Å². The number of hydrogen-bond acceptors (Lipinski definition) is 4. The second kappa shape index (κ2) is 4.85. The van der Waals surface area contributed by atoms with Crippen LogP contribution in [0.5, 0.6) is 0 Å². The molecule has 0 aliphatic heterocycles. The number of rotatable bonds is 2. The van der Waals surface area contributed by atoms with Gasteiger partial charge in [0, 0.05) is 10.2 Å². The fraction of sp³-hybridized carbons (Fsp3) is 0. The molecular formula is C14H11BrN4. The van der Waals surface area contributed by atoms with E-state index >= 15 is 0 Å². The zero-order chi connectivity index (χ0) is 13.2. The Balaban J connectivity index is 2.03. The molecule has 1 heterocycles. The third kappa shape index (κ3) is 2.51. The number of hydrogen-bond donors (Lipinski definition) is 2. The molecule has 0 aliphatic rings. The van der Waals surface area contributed by atoms with Gasteiger partial charge in [-0.25, -0.2) is 9.97 Å². The summed E-state index contributed by atoms with van der Waals surface area (Å²) < 4.78 is 0.991. The Morgan fingerprint density at radius 3 is 2.42 bits per heavy atom. The minimum Gasteiger partial charge on any atom is -0.381 e. The van der Waals surface area contributed by atoms with Crippen LogP contribution in [0.15, 0.2) is 53.0 Å². The first-order valence-electron chi connectivity index (χ1n) is 5.77. The molecule has 19 heavy (non-hydrogen) atoms. The SMILES string of the molecule is Nc1nc2ccccc2nc1Nc1cccc(Br)c1. The van der Waals surface area contributed by atoms with Gasteiger partial charge in [-0.1, -0.05) is 34.1 Å². The predicted molar refractivity (Wildman–Crippen MR) is 81.4 cm³/mol. The molecule has 1 aromatic heterocycles. The average molecular weight is 315 g/mol. The first-order valence-corrected chi connectivity index (χ1v) is 6.56. The summed E-state index contributed by atoms with van der Waals surface area (Å²) in [6.45, 7) is 0. The number of nitrogens with one attached hydrogen (secondary N) is 1. The number of aromatic nitrogens is 2. The number of nitrogens with zero attached hydrogens (tertiary/aromatic N) is 2. The monoisotopic (exact) mass is 314 g/mol. The fourth-order valence-electron chi connectivity index (χ4n) is 1.81. The van der Waals surface area contributed by atoms with E-state index in [1.54, 1.807) is 0 Å². The number of anilines is 3. The van der Waals surface area contributed by atoms with Crippen LogP contribution in [0.1, 0.15) is 0 Å². The molecule has 3 aromatic rings. The molecule has 0 amide bonds. The van der Waals surface area contributed by atoms with E-state index in [9.17, 15) is 0 Å². The van der Waals surface area contributed by atoms with Gasteiger partial charge in [-0.15, -0.1) is 0 Å². The molecule has 5 heteroatoms. The first kappa shape index (κ1) is 11.9. The Kier molecular flexibility index (Phi) is 3.05. The average Bonchev–Trinajstić information content (AvgIpc) is 2.40. The fourth-order valence-corrected chi connectivity index (χ4v) is 2.21. The van der Waals surface area contributed by atoms with Crippen molar-refractivity contribution in [2.75, 3.05) is 11.1 Å². The van der Waals surface area contributed by atoms with Crippen molar-refractivity contribution in [2.45, 2.75) is 0 Å². The van der Waals surface area contributed by atoms with E-state index in [2.05, 4.69) is 31.2 Å². The third-order valence-electron chi connectivity index (χ3n) is 2.68. The molecule has 0 radical (unpaired) electrons. The van der Waals surface area contributed by atoms with Gasteiger partial charge in [-0.2, -0.15) is 0 Å². The Morgan fingerprint density at radius 2 is 1.68 bits per heavy atom. The van der Waals surface area contributed by atoms with Crippen molar-refractivity contribution in [3.8, 4) is 0 Å². The van der Waals surface area contributed by atoms with Crippen molar-refractivity contribution in [2.24, 2.45) is 0 Å². The van der Waals surface area contributed by atoms with Crippen molar-refractivity contribution in [3.05, 3.63) is 53.0 Å². The summed E-state index contributed by atoms with van der Waals surface area (Å²) in [5.74, 6) is 0.954. The molecule has 3 N–H and O–H groups in total. The van der Waals surface area contributed by atoms with Gasteiger partial charge >= 0.3 is 0 Å². The van der Waals surface area contributed by atoms with E-state index in [-0.39, 0.29) is 0 Å². The number of nitrogen functional groups attached to an aromatic ring is 1. The maximum Gasteiger partial charge on any atom is 0.174 e. The number of nitrogens with two attached hydrogens (primary N) is 1. The van der Waals surface area contributed by atoms with E-state index in [1.807, 2.05) is 48.5 Å². The van der Waals surface area contributed by atoms with Crippen LogP contribution in [0, 0.1) is 0 Å². The van der Waals surface area contributed by atoms with Gasteiger partial charge in [-0.3, -0.25) is 0 Å². The van der Waals surface area contributed by atoms with Crippen LogP contribution in [0.3, 0.4) is 0 Å². The summed E-state index contributed by atoms with van der Waals surface area (Å²) in [6, 6.07) is 15.4. The molecule has 4 nitrogen and oxygen atoms in total. The largest absolute Gasteiger partial charge is 0.381 e. The Labute approximate surface area is 118 Å². The zero-order valence-corrected chi connectivity index (χ0v) is 11.6. The van der Waals surface area contributed by atoms with Crippen LogP contribution >= 0.6 is 15.9 Å². The zero-order valence-electron chi connectivity index (χ0n) is 9.97. The number of benzene rings is 2. The lowest BCUT2D eigenvalue weighted by molar-refractivity contribution is 1.29. The van der Waals surface area contributed by atoms with E-state index in [0.717, 1.165) is 21.2 Å². The van der Waals surface area contributed by atoms with Crippen LogP contribution in [-0.4, -0.2) is 9.97 Å². The van der Waals surface area contributed by atoms with Gasteiger partial charge in [0.2, 0.25) is 0 Å². The summed E-state index contributed by atoms with van der Waals surface area (Å²) in [5.41, 5.74) is 8.44. The number of fused-ring (bicyclic) bond motifs is 1. The molecule has 0 fully saturated rings. The lowest BCUT2D eigenvalue weighted by atomic mass is 10.3. The molecular weight excluding hydrogens is 304 g/mol. The van der Waals surface area contributed by atoms with E-state index in [0.29, 0.717) is 11.6 Å². The first-order chi connectivity index (χ1) is 9.22. The molecule has 2 aromatic carbocycles. The molecule has 0 aliphatic carbocycles. The minimum atomic E-state index is 0.388. The van der Waals surface area contributed by atoms with Crippen molar-refractivity contribution in [1.82, 2.24) is 9.97 Å². The smallest absolute Gasteiger partial charge is 0.174 e. The highest BCUT2D eigenvalue weighted by Gasteiger charge is 2.06. The van der Waals surface area contributed by atoms with Crippen molar-refractivity contribution < 1.29 is 0 Å². The third-order valence-corrected chi connectivity index (χ3v) is 3.18. The quantitative estimate of drug-likeness (QED) is 0.756. The topological polar surface area (TPSA) is 63.8 Å². The summed E-state index contributed by atoms with van der Waals surface area (Å²) >= 11 is 3.43. The van der Waals surface area contributed by atoms with Crippen molar-refractivity contribution in [1.29, 1.82) is 0 Å². The molecule has 0 saturated carbocycles. The van der Waals surface area contributed by atoms with Crippen LogP contribution in [-0.2, 0) is 0 Å². The lowest BCUT2D eigenvalue weighted by Crippen LogP contribution is -2.02.